The third-order valence-electron chi connectivity index (χ3n) is 6.55. The zero-order valence-corrected chi connectivity index (χ0v) is 16.2. The summed E-state index contributed by atoms with van der Waals surface area (Å²) in [6, 6.07) is 14.7. The lowest BCUT2D eigenvalue weighted by atomic mass is 9.89. The van der Waals surface area contributed by atoms with Gasteiger partial charge >= 0.3 is 0 Å². The molecule has 29 heavy (non-hydrogen) atoms. The second-order valence-electron chi connectivity index (χ2n) is 8.04. The molecule has 2 aliphatic heterocycles. The summed E-state index contributed by atoms with van der Waals surface area (Å²) >= 11 is 0. The number of aromatic nitrogens is 3. The summed E-state index contributed by atoms with van der Waals surface area (Å²) in [6.45, 7) is 3.85. The van der Waals surface area contributed by atoms with Gasteiger partial charge in [0.15, 0.2) is 0 Å². The summed E-state index contributed by atoms with van der Waals surface area (Å²) in [5.41, 5.74) is 3.92. The van der Waals surface area contributed by atoms with E-state index in [-0.39, 0.29) is 23.6 Å². The summed E-state index contributed by atoms with van der Waals surface area (Å²) in [7, 11) is 0. The number of nitrogens with zero attached hydrogens (tertiary/aromatic N) is 3. The first kappa shape index (κ1) is 16.5. The molecule has 0 radical (unpaired) electrons. The Hall–Kier alpha value is -3.41. The number of amides is 1. The first-order valence-electron chi connectivity index (χ1n) is 9.99. The van der Waals surface area contributed by atoms with Crippen LogP contribution in [0.15, 0.2) is 53.3 Å². The summed E-state index contributed by atoms with van der Waals surface area (Å²) in [5, 5.41) is 1.73. The molecule has 2 aromatic heterocycles. The number of rotatable bonds is 0. The van der Waals surface area contributed by atoms with Crippen LogP contribution in [0.4, 0.5) is 0 Å². The van der Waals surface area contributed by atoms with Crippen molar-refractivity contribution >= 4 is 27.7 Å². The zero-order valence-electron chi connectivity index (χ0n) is 16.2. The van der Waals surface area contributed by atoms with Gasteiger partial charge in [-0.1, -0.05) is 30.3 Å². The number of H-pyrrole nitrogens is 1. The van der Waals surface area contributed by atoms with E-state index in [0.29, 0.717) is 23.1 Å². The van der Waals surface area contributed by atoms with Crippen LogP contribution in [0.25, 0.3) is 21.8 Å². The number of carbonyl (C=O) groups excluding carboxylic acids is 1. The van der Waals surface area contributed by atoms with E-state index in [1.165, 1.54) is 10.9 Å². The van der Waals surface area contributed by atoms with Gasteiger partial charge in [0.05, 0.1) is 23.0 Å². The van der Waals surface area contributed by atoms with Crippen LogP contribution >= 0.6 is 0 Å². The molecule has 0 unspecified atom stereocenters. The van der Waals surface area contributed by atoms with E-state index in [0.717, 1.165) is 11.2 Å². The largest absolute Gasteiger partial charge is 0.356 e. The van der Waals surface area contributed by atoms with Gasteiger partial charge in [-0.05, 0) is 37.6 Å². The van der Waals surface area contributed by atoms with Crippen molar-refractivity contribution in [3.63, 3.8) is 0 Å². The zero-order chi connectivity index (χ0) is 19.9. The molecule has 2 aliphatic rings. The van der Waals surface area contributed by atoms with Crippen LogP contribution in [0.1, 0.15) is 49.1 Å². The molecule has 0 fully saturated rings. The number of fused-ring (bicyclic) bond motifs is 7. The quantitative estimate of drug-likeness (QED) is 0.503. The van der Waals surface area contributed by atoms with Gasteiger partial charge in [-0.15, -0.1) is 0 Å². The molecular weight excluding hydrogens is 364 g/mol. The Balaban J connectivity index is 1.65. The molecule has 144 valence electrons. The molecule has 4 aromatic rings. The normalized spacial score (nSPS) is 23.2. The molecule has 3 atom stereocenters. The van der Waals surface area contributed by atoms with Crippen molar-refractivity contribution in [3.05, 3.63) is 76.0 Å². The maximum Gasteiger partial charge on any atom is 0.262 e. The summed E-state index contributed by atoms with van der Waals surface area (Å²) < 4.78 is 1.61. The number of hydrogen-bond donors (Lipinski definition) is 1. The average molecular weight is 384 g/mol. The molecule has 0 saturated carbocycles. The number of nitrogens with one attached hydrogen (secondary N) is 1. The molecule has 0 spiro atoms. The first-order chi connectivity index (χ1) is 14.1. The lowest BCUT2D eigenvalue weighted by Crippen LogP contribution is -2.52. The van der Waals surface area contributed by atoms with E-state index in [4.69, 9.17) is 4.98 Å². The smallest absolute Gasteiger partial charge is 0.262 e. The van der Waals surface area contributed by atoms with Gasteiger partial charge in [0.2, 0.25) is 5.91 Å². The highest BCUT2D eigenvalue weighted by Crippen LogP contribution is 2.45. The van der Waals surface area contributed by atoms with E-state index in [1.54, 1.807) is 17.6 Å². The Bertz CT molecular complexity index is 1380. The summed E-state index contributed by atoms with van der Waals surface area (Å²) in [6.07, 6.45) is 0.646. The van der Waals surface area contributed by atoms with Gasteiger partial charge in [0.1, 0.15) is 11.9 Å². The van der Waals surface area contributed by atoms with Crippen LogP contribution in [0, 0.1) is 0 Å². The molecule has 6 nitrogen and oxygen atoms in total. The van der Waals surface area contributed by atoms with Crippen molar-refractivity contribution in [1.82, 2.24) is 19.4 Å². The van der Waals surface area contributed by atoms with Crippen molar-refractivity contribution in [2.45, 2.75) is 38.4 Å². The number of para-hydroxylation sites is 2. The number of carbonyl (C=O) groups is 1. The second-order valence-corrected chi connectivity index (χ2v) is 8.04. The van der Waals surface area contributed by atoms with E-state index < -0.39 is 6.04 Å². The molecule has 0 bridgehead atoms. The fourth-order valence-corrected chi connectivity index (χ4v) is 5.16. The van der Waals surface area contributed by atoms with Crippen LogP contribution in [-0.2, 0) is 11.2 Å². The SMILES string of the molecule is C[C@@H]1c2[nH]c3ccccc3c2C[C@@H]2c3nc4ccccc4c(=O)n3[C@@H](C)C(=O)N12. The third-order valence-corrected chi connectivity index (χ3v) is 6.55. The molecule has 2 aromatic carbocycles. The molecular formula is C23H20N4O2. The maximum absolute atomic E-state index is 13.4. The minimum Gasteiger partial charge on any atom is -0.356 e. The molecule has 0 aliphatic carbocycles. The number of aromatic amines is 1. The van der Waals surface area contributed by atoms with Gasteiger partial charge in [-0.3, -0.25) is 14.2 Å². The lowest BCUT2D eigenvalue weighted by Gasteiger charge is -2.45. The molecule has 1 amide bonds. The maximum atomic E-state index is 13.4. The standard InChI is InChI=1S/C23H20N4O2/c1-12-20-16(14-7-3-5-9-17(14)24-20)11-19-21-25-18-10-6-4-8-15(18)23(29)27(21)13(2)22(28)26(12)19/h3-10,12-13,19,24H,11H2,1-2H3/t12-,13+,19-/m1/s1. The Labute approximate surface area is 166 Å². The fourth-order valence-electron chi connectivity index (χ4n) is 5.16. The lowest BCUT2D eigenvalue weighted by molar-refractivity contribution is -0.143. The molecule has 0 saturated heterocycles. The van der Waals surface area contributed by atoms with E-state index >= 15 is 0 Å². The van der Waals surface area contributed by atoms with Crippen molar-refractivity contribution in [2.75, 3.05) is 0 Å². The average Bonchev–Trinajstić information content (AvgIpc) is 3.11. The van der Waals surface area contributed by atoms with Crippen LogP contribution in [0.5, 0.6) is 0 Å². The van der Waals surface area contributed by atoms with Gasteiger partial charge in [0.25, 0.3) is 5.56 Å². The second kappa shape index (κ2) is 5.56. The minimum absolute atomic E-state index is 0.0292. The highest BCUT2D eigenvalue weighted by Gasteiger charge is 2.46. The highest BCUT2D eigenvalue weighted by molar-refractivity contribution is 5.88. The predicted molar refractivity (Wildman–Crippen MR) is 111 cm³/mol. The van der Waals surface area contributed by atoms with Crippen LogP contribution < -0.4 is 5.56 Å². The van der Waals surface area contributed by atoms with Gasteiger partial charge < -0.3 is 9.88 Å². The van der Waals surface area contributed by atoms with Crippen LogP contribution in [0.3, 0.4) is 0 Å². The van der Waals surface area contributed by atoms with Crippen LogP contribution in [-0.4, -0.2) is 25.3 Å². The van der Waals surface area contributed by atoms with Crippen molar-refractivity contribution < 1.29 is 4.79 Å². The Morgan fingerprint density at radius 2 is 1.69 bits per heavy atom. The highest BCUT2D eigenvalue weighted by atomic mass is 16.2. The van der Waals surface area contributed by atoms with E-state index in [1.807, 2.05) is 35.2 Å². The summed E-state index contributed by atoms with van der Waals surface area (Å²) in [5.74, 6) is 0.655. The van der Waals surface area contributed by atoms with Crippen molar-refractivity contribution in [2.24, 2.45) is 0 Å². The van der Waals surface area contributed by atoms with Crippen molar-refractivity contribution in [1.29, 1.82) is 0 Å². The Kier molecular flexibility index (Phi) is 3.17. The molecule has 4 heterocycles. The van der Waals surface area contributed by atoms with E-state index in [2.05, 4.69) is 24.0 Å². The predicted octanol–water partition coefficient (Wildman–Crippen LogP) is 3.64. The van der Waals surface area contributed by atoms with Gasteiger partial charge in [0, 0.05) is 23.0 Å². The van der Waals surface area contributed by atoms with E-state index in [9.17, 15) is 9.59 Å². The van der Waals surface area contributed by atoms with Gasteiger partial charge in [-0.25, -0.2) is 4.98 Å². The Morgan fingerprint density at radius 3 is 2.52 bits per heavy atom. The molecule has 6 rings (SSSR count). The monoisotopic (exact) mass is 384 g/mol. The molecule has 6 heteroatoms. The first-order valence-corrected chi connectivity index (χ1v) is 9.99. The fraction of sp³-hybridized carbons (Fsp3) is 0.261. The van der Waals surface area contributed by atoms with Crippen LogP contribution in [0.2, 0.25) is 0 Å². The number of benzene rings is 2. The third kappa shape index (κ3) is 2.03. The van der Waals surface area contributed by atoms with Crippen molar-refractivity contribution in [3.8, 4) is 0 Å². The minimum atomic E-state index is -0.570. The summed E-state index contributed by atoms with van der Waals surface area (Å²) in [4.78, 5) is 36.9. The topological polar surface area (TPSA) is 71.0 Å². The number of hydrogen-bond acceptors (Lipinski definition) is 3. The Morgan fingerprint density at radius 1 is 0.966 bits per heavy atom. The van der Waals surface area contributed by atoms with Gasteiger partial charge in [-0.2, -0.15) is 0 Å². The molecule has 1 N–H and O–H groups in total.